The number of aromatic nitrogens is 2. The number of nitrogens with zero attached hydrogens (tertiary/aromatic N) is 1. The van der Waals surface area contributed by atoms with Crippen LogP contribution in [0.3, 0.4) is 0 Å². The first kappa shape index (κ1) is 14.2. The molecule has 0 saturated heterocycles. The van der Waals surface area contributed by atoms with Crippen molar-refractivity contribution < 1.29 is 0 Å². The maximum Gasteiger partial charge on any atom is 0.116 e. The Labute approximate surface area is 119 Å². The molecule has 0 amide bonds. The van der Waals surface area contributed by atoms with Crippen LogP contribution >= 0.6 is 11.8 Å². The molecule has 2 N–H and O–H groups in total. The summed E-state index contributed by atoms with van der Waals surface area (Å²) < 4.78 is 0. The van der Waals surface area contributed by atoms with Crippen molar-refractivity contribution >= 4 is 11.8 Å². The molecule has 1 aromatic carbocycles. The number of aryl methyl sites for hydroxylation is 1. The Bertz CT molecular complexity index is 508. The second kappa shape index (κ2) is 7.36. The average Bonchev–Trinajstić information content (AvgIpc) is 2.86. The van der Waals surface area contributed by atoms with Crippen LogP contribution in [-0.2, 0) is 12.3 Å². The van der Waals surface area contributed by atoms with E-state index in [0.29, 0.717) is 0 Å². The zero-order valence-electron chi connectivity index (χ0n) is 11.6. The van der Waals surface area contributed by atoms with Crippen LogP contribution in [0.25, 0.3) is 0 Å². The molecule has 0 spiro atoms. The van der Waals surface area contributed by atoms with Crippen LogP contribution in [0.5, 0.6) is 0 Å². The minimum absolute atomic E-state index is 0.871. The van der Waals surface area contributed by atoms with Gasteiger partial charge in [0.05, 0.1) is 5.75 Å². The van der Waals surface area contributed by atoms with Crippen molar-refractivity contribution in [2.24, 2.45) is 0 Å². The van der Waals surface area contributed by atoms with Gasteiger partial charge in [-0.3, -0.25) is 0 Å². The van der Waals surface area contributed by atoms with Crippen molar-refractivity contribution in [1.82, 2.24) is 15.3 Å². The number of hydrogen-bond donors (Lipinski definition) is 2. The van der Waals surface area contributed by atoms with E-state index in [9.17, 15) is 0 Å². The van der Waals surface area contributed by atoms with E-state index in [2.05, 4.69) is 53.4 Å². The van der Waals surface area contributed by atoms with E-state index in [1.165, 1.54) is 10.5 Å². The van der Waals surface area contributed by atoms with Gasteiger partial charge in [-0.05, 0) is 31.5 Å². The summed E-state index contributed by atoms with van der Waals surface area (Å²) in [6.07, 6.45) is 3.08. The van der Waals surface area contributed by atoms with Gasteiger partial charge < -0.3 is 10.3 Å². The predicted molar refractivity (Wildman–Crippen MR) is 81.3 cm³/mol. The number of aromatic amines is 1. The Balaban J connectivity index is 1.85. The van der Waals surface area contributed by atoms with Crippen LogP contribution in [0.4, 0.5) is 0 Å². The molecule has 102 valence electrons. The van der Waals surface area contributed by atoms with Gasteiger partial charge in [0.15, 0.2) is 0 Å². The van der Waals surface area contributed by atoms with Gasteiger partial charge in [-0.25, -0.2) is 4.98 Å². The van der Waals surface area contributed by atoms with Crippen LogP contribution in [0.1, 0.15) is 30.4 Å². The lowest BCUT2D eigenvalue weighted by atomic mass is 10.2. The van der Waals surface area contributed by atoms with E-state index in [-0.39, 0.29) is 0 Å². The highest BCUT2D eigenvalue weighted by Crippen LogP contribution is 2.24. The highest BCUT2D eigenvalue weighted by molar-refractivity contribution is 7.98. The van der Waals surface area contributed by atoms with Crippen molar-refractivity contribution in [2.75, 3.05) is 6.54 Å². The van der Waals surface area contributed by atoms with Crippen molar-refractivity contribution in [2.45, 2.75) is 37.5 Å². The number of hydrogen-bond acceptors (Lipinski definition) is 3. The molecule has 0 radical (unpaired) electrons. The number of H-pyrrole nitrogens is 1. The standard InChI is InChI=1S/C15H21N3S/c1-3-8-16-9-13-10-17-15(18-13)11-19-14-7-5-4-6-12(14)2/h4-7,10,16H,3,8-9,11H2,1-2H3,(H,17,18). The molecule has 0 saturated carbocycles. The highest BCUT2D eigenvalue weighted by Gasteiger charge is 2.03. The molecule has 0 bridgehead atoms. The summed E-state index contributed by atoms with van der Waals surface area (Å²) in [4.78, 5) is 9.11. The largest absolute Gasteiger partial charge is 0.344 e. The summed E-state index contributed by atoms with van der Waals surface area (Å²) in [7, 11) is 0. The van der Waals surface area contributed by atoms with Crippen LogP contribution in [-0.4, -0.2) is 16.5 Å². The fourth-order valence-electron chi connectivity index (χ4n) is 1.83. The van der Waals surface area contributed by atoms with E-state index in [0.717, 1.165) is 36.8 Å². The summed E-state index contributed by atoms with van der Waals surface area (Å²) in [5.41, 5.74) is 2.48. The lowest BCUT2D eigenvalue weighted by Gasteiger charge is -2.03. The molecule has 4 heteroatoms. The molecule has 3 nitrogen and oxygen atoms in total. The summed E-state index contributed by atoms with van der Waals surface area (Å²) in [6.45, 7) is 6.23. The molecular formula is C15H21N3S. The second-order valence-electron chi connectivity index (χ2n) is 4.59. The van der Waals surface area contributed by atoms with Gasteiger partial charge in [-0.15, -0.1) is 11.8 Å². The van der Waals surface area contributed by atoms with Crippen LogP contribution in [0, 0.1) is 6.92 Å². The molecule has 0 fully saturated rings. The summed E-state index contributed by atoms with van der Waals surface area (Å²) >= 11 is 1.83. The first-order valence-electron chi connectivity index (χ1n) is 6.71. The second-order valence-corrected chi connectivity index (χ2v) is 5.60. The quantitative estimate of drug-likeness (QED) is 0.600. The first-order chi connectivity index (χ1) is 9.29. The Hall–Kier alpha value is -1.26. The van der Waals surface area contributed by atoms with Crippen molar-refractivity contribution in [3.63, 3.8) is 0 Å². The molecule has 19 heavy (non-hydrogen) atoms. The Morgan fingerprint density at radius 3 is 2.95 bits per heavy atom. The SMILES string of the molecule is CCCNCc1cnc(CSc2ccccc2C)[nH]1. The number of thioether (sulfide) groups is 1. The van der Waals surface area contributed by atoms with Gasteiger partial charge >= 0.3 is 0 Å². The lowest BCUT2D eigenvalue weighted by molar-refractivity contribution is 0.666. The summed E-state index contributed by atoms with van der Waals surface area (Å²) in [6, 6.07) is 8.46. The number of rotatable bonds is 7. The van der Waals surface area contributed by atoms with Crippen molar-refractivity contribution in [3.05, 3.63) is 47.5 Å². The summed E-state index contributed by atoms with van der Waals surface area (Å²) in [5.74, 6) is 1.93. The monoisotopic (exact) mass is 275 g/mol. The number of benzene rings is 1. The molecular weight excluding hydrogens is 254 g/mol. The number of nitrogens with one attached hydrogen (secondary N) is 2. The summed E-state index contributed by atoms with van der Waals surface area (Å²) in [5, 5.41) is 3.37. The molecule has 0 aliphatic rings. The van der Waals surface area contributed by atoms with Gasteiger partial charge in [0.2, 0.25) is 0 Å². The van der Waals surface area contributed by atoms with Gasteiger partial charge in [0.25, 0.3) is 0 Å². The topological polar surface area (TPSA) is 40.7 Å². The van der Waals surface area contributed by atoms with Gasteiger partial charge in [0.1, 0.15) is 5.82 Å². The molecule has 2 rings (SSSR count). The minimum Gasteiger partial charge on any atom is -0.344 e. The van der Waals surface area contributed by atoms with Crippen LogP contribution in [0.2, 0.25) is 0 Å². The van der Waals surface area contributed by atoms with Gasteiger partial charge in [0, 0.05) is 23.3 Å². The smallest absolute Gasteiger partial charge is 0.116 e. The van der Waals surface area contributed by atoms with Crippen molar-refractivity contribution in [1.29, 1.82) is 0 Å². The zero-order valence-corrected chi connectivity index (χ0v) is 12.4. The van der Waals surface area contributed by atoms with Gasteiger partial charge in [-0.1, -0.05) is 25.1 Å². The average molecular weight is 275 g/mol. The molecule has 0 atom stereocenters. The maximum atomic E-state index is 4.42. The normalized spacial score (nSPS) is 10.8. The van der Waals surface area contributed by atoms with E-state index >= 15 is 0 Å². The fourth-order valence-corrected chi connectivity index (χ4v) is 2.74. The maximum absolute atomic E-state index is 4.42. The highest BCUT2D eigenvalue weighted by atomic mass is 32.2. The first-order valence-corrected chi connectivity index (χ1v) is 7.70. The molecule has 0 aliphatic heterocycles. The fraction of sp³-hybridized carbons (Fsp3) is 0.400. The minimum atomic E-state index is 0.871. The third-order valence-electron chi connectivity index (χ3n) is 2.88. The molecule has 0 unspecified atom stereocenters. The van der Waals surface area contributed by atoms with Crippen LogP contribution in [0.15, 0.2) is 35.4 Å². The Kier molecular flexibility index (Phi) is 5.48. The predicted octanol–water partition coefficient (Wildman–Crippen LogP) is 3.51. The van der Waals surface area contributed by atoms with Crippen LogP contribution < -0.4 is 5.32 Å². The third kappa shape index (κ3) is 4.40. The lowest BCUT2D eigenvalue weighted by Crippen LogP contribution is -2.13. The molecule has 0 aliphatic carbocycles. The molecule has 2 aromatic rings. The van der Waals surface area contributed by atoms with E-state index in [1.54, 1.807) is 0 Å². The molecule has 1 aromatic heterocycles. The van der Waals surface area contributed by atoms with E-state index in [4.69, 9.17) is 0 Å². The van der Waals surface area contributed by atoms with E-state index < -0.39 is 0 Å². The van der Waals surface area contributed by atoms with Gasteiger partial charge in [-0.2, -0.15) is 0 Å². The molecule has 1 heterocycles. The van der Waals surface area contributed by atoms with Crippen molar-refractivity contribution in [3.8, 4) is 0 Å². The number of imidazole rings is 1. The Morgan fingerprint density at radius 1 is 1.32 bits per heavy atom. The Morgan fingerprint density at radius 2 is 2.16 bits per heavy atom. The third-order valence-corrected chi connectivity index (χ3v) is 4.07. The zero-order chi connectivity index (χ0) is 13.5. The van der Waals surface area contributed by atoms with E-state index in [1.807, 2.05) is 18.0 Å².